The number of piperidine rings is 1. The van der Waals surface area contributed by atoms with Gasteiger partial charge in [-0.2, -0.15) is 0 Å². The highest BCUT2D eigenvalue weighted by molar-refractivity contribution is 5.82. The molecule has 0 spiro atoms. The molecule has 0 aromatic heterocycles. The molecule has 0 radical (unpaired) electrons. The Morgan fingerprint density at radius 1 is 1.24 bits per heavy atom. The minimum Gasteiger partial charge on any atom is -0.392 e. The van der Waals surface area contributed by atoms with Crippen molar-refractivity contribution in [1.82, 2.24) is 10.6 Å². The van der Waals surface area contributed by atoms with Gasteiger partial charge in [-0.15, -0.1) is 0 Å². The Kier molecular flexibility index (Phi) is 4.41. The Morgan fingerprint density at radius 3 is 2.57 bits per heavy atom. The molecular formula is C16H23N3O2. The molecule has 3 N–H and O–H groups in total. The number of para-hydroxylation sites is 1. The smallest absolute Gasteiger partial charge is 0.237 e. The predicted molar refractivity (Wildman–Crippen MR) is 82.2 cm³/mol. The highest BCUT2D eigenvalue weighted by atomic mass is 16.3. The van der Waals surface area contributed by atoms with E-state index in [0.29, 0.717) is 13.0 Å². The molecule has 5 nitrogen and oxygen atoms in total. The maximum Gasteiger partial charge on any atom is 0.237 e. The van der Waals surface area contributed by atoms with Gasteiger partial charge < -0.3 is 20.6 Å². The van der Waals surface area contributed by atoms with Crippen LogP contribution in [0.1, 0.15) is 19.3 Å². The molecule has 2 heterocycles. The van der Waals surface area contributed by atoms with E-state index in [9.17, 15) is 9.90 Å². The maximum atomic E-state index is 12.1. The van der Waals surface area contributed by atoms with Crippen LogP contribution in [0.2, 0.25) is 0 Å². The Morgan fingerprint density at radius 2 is 1.95 bits per heavy atom. The van der Waals surface area contributed by atoms with Gasteiger partial charge in [0.2, 0.25) is 5.91 Å². The number of rotatable bonds is 3. The molecular weight excluding hydrogens is 266 g/mol. The molecule has 2 aliphatic rings. The number of hydrogen-bond acceptors (Lipinski definition) is 4. The first kappa shape index (κ1) is 14.4. The third kappa shape index (κ3) is 3.54. The third-order valence-electron chi connectivity index (χ3n) is 4.39. The van der Waals surface area contributed by atoms with Gasteiger partial charge in [0.1, 0.15) is 0 Å². The lowest BCUT2D eigenvalue weighted by Crippen LogP contribution is -2.49. The van der Waals surface area contributed by atoms with Crippen molar-refractivity contribution in [2.24, 2.45) is 0 Å². The standard InChI is InChI=1S/C16H23N3O2/c20-14-10-15(17-11-14)16(21)18-12-6-8-19(9-7-12)13-4-2-1-3-5-13/h1-5,12,14-15,17,20H,6-11H2,(H,18,21). The average Bonchev–Trinajstić information content (AvgIpc) is 2.96. The monoisotopic (exact) mass is 289 g/mol. The lowest BCUT2D eigenvalue weighted by atomic mass is 10.0. The summed E-state index contributed by atoms with van der Waals surface area (Å²) >= 11 is 0. The third-order valence-corrected chi connectivity index (χ3v) is 4.39. The Labute approximate surface area is 125 Å². The highest BCUT2D eigenvalue weighted by Crippen LogP contribution is 2.19. The topological polar surface area (TPSA) is 64.6 Å². The summed E-state index contributed by atoms with van der Waals surface area (Å²) < 4.78 is 0. The predicted octanol–water partition coefficient (Wildman–Crippen LogP) is 0.494. The molecule has 0 aliphatic carbocycles. The van der Waals surface area contributed by atoms with Gasteiger partial charge in [-0.05, 0) is 31.4 Å². The van der Waals surface area contributed by atoms with Crippen molar-refractivity contribution in [2.75, 3.05) is 24.5 Å². The highest BCUT2D eigenvalue weighted by Gasteiger charge is 2.30. The van der Waals surface area contributed by atoms with Crippen LogP contribution >= 0.6 is 0 Å². The molecule has 0 saturated carbocycles. The van der Waals surface area contributed by atoms with Crippen molar-refractivity contribution in [3.63, 3.8) is 0 Å². The number of amides is 1. The number of β-amino-alcohol motifs (C(OH)–C–C–N with tert-alkyl or cyclic N) is 1. The summed E-state index contributed by atoms with van der Waals surface area (Å²) in [5.41, 5.74) is 1.25. The normalized spacial score (nSPS) is 26.8. The Bertz CT molecular complexity index is 472. The van der Waals surface area contributed by atoms with Gasteiger partial charge in [0.15, 0.2) is 0 Å². The van der Waals surface area contributed by atoms with Crippen molar-refractivity contribution in [3.05, 3.63) is 30.3 Å². The second-order valence-corrected chi connectivity index (χ2v) is 5.96. The number of aliphatic hydroxyl groups excluding tert-OH is 1. The van der Waals surface area contributed by atoms with E-state index < -0.39 is 0 Å². The van der Waals surface area contributed by atoms with E-state index in [1.165, 1.54) is 5.69 Å². The van der Waals surface area contributed by atoms with E-state index in [2.05, 4.69) is 39.8 Å². The quantitative estimate of drug-likeness (QED) is 0.758. The van der Waals surface area contributed by atoms with Gasteiger partial charge in [0, 0.05) is 31.4 Å². The first-order valence-electron chi connectivity index (χ1n) is 7.74. The van der Waals surface area contributed by atoms with Crippen LogP contribution in [0.5, 0.6) is 0 Å². The first-order valence-corrected chi connectivity index (χ1v) is 7.74. The summed E-state index contributed by atoms with van der Waals surface area (Å²) in [6, 6.07) is 10.4. The van der Waals surface area contributed by atoms with E-state index >= 15 is 0 Å². The molecule has 1 aromatic rings. The minimum atomic E-state index is -0.388. The van der Waals surface area contributed by atoms with Gasteiger partial charge in [0.05, 0.1) is 12.1 Å². The Balaban J connectivity index is 1.47. The molecule has 1 amide bonds. The van der Waals surface area contributed by atoms with Gasteiger partial charge in [-0.25, -0.2) is 0 Å². The molecule has 0 bridgehead atoms. The molecule has 1 aromatic carbocycles. The number of aliphatic hydroxyl groups is 1. The molecule has 5 heteroatoms. The summed E-state index contributed by atoms with van der Waals surface area (Å²) in [6.45, 7) is 2.45. The maximum absolute atomic E-state index is 12.1. The minimum absolute atomic E-state index is 0.0321. The lowest BCUT2D eigenvalue weighted by Gasteiger charge is -2.34. The molecule has 3 rings (SSSR count). The van der Waals surface area contributed by atoms with Crippen LogP contribution in [0.4, 0.5) is 5.69 Å². The van der Waals surface area contributed by atoms with Gasteiger partial charge in [-0.1, -0.05) is 18.2 Å². The van der Waals surface area contributed by atoms with Crippen LogP contribution in [0.3, 0.4) is 0 Å². The zero-order valence-corrected chi connectivity index (χ0v) is 12.2. The summed E-state index contributed by atoms with van der Waals surface area (Å²) in [4.78, 5) is 14.5. The molecule has 21 heavy (non-hydrogen) atoms. The van der Waals surface area contributed by atoms with Crippen LogP contribution in [0, 0.1) is 0 Å². The lowest BCUT2D eigenvalue weighted by molar-refractivity contribution is -0.123. The van der Waals surface area contributed by atoms with Gasteiger partial charge in [-0.3, -0.25) is 4.79 Å². The second-order valence-electron chi connectivity index (χ2n) is 5.96. The average molecular weight is 289 g/mol. The van der Waals surface area contributed by atoms with E-state index in [1.807, 2.05) is 6.07 Å². The largest absolute Gasteiger partial charge is 0.392 e. The van der Waals surface area contributed by atoms with Crippen molar-refractivity contribution in [3.8, 4) is 0 Å². The fraction of sp³-hybridized carbons (Fsp3) is 0.562. The van der Waals surface area contributed by atoms with E-state index in [-0.39, 0.29) is 24.1 Å². The summed E-state index contributed by atoms with van der Waals surface area (Å²) in [5.74, 6) is 0.0321. The summed E-state index contributed by atoms with van der Waals surface area (Å²) in [7, 11) is 0. The van der Waals surface area contributed by atoms with E-state index in [0.717, 1.165) is 25.9 Å². The fourth-order valence-corrected chi connectivity index (χ4v) is 3.14. The van der Waals surface area contributed by atoms with Crippen LogP contribution in [0.25, 0.3) is 0 Å². The molecule has 114 valence electrons. The zero-order chi connectivity index (χ0) is 14.7. The van der Waals surface area contributed by atoms with Crippen molar-refractivity contribution in [2.45, 2.75) is 37.5 Å². The van der Waals surface area contributed by atoms with Crippen LogP contribution in [0.15, 0.2) is 30.3 Å². The molecule has 2 unspecified atom stereocenters. The Hall–Kier alpha value is -1.59. The summed E-state index contributed by atoms with van der Waals surface area (Å²) in [5, 5.41) is 15.6. The van der Waals surface area contributed by atoms with Gasteiger partial charge >= 0.3 is 0 Å². The number of nitrogens with zero attached hydrogens (tertiary/aromatic N) is 1. The zero-order valence-electron chi connectivity index (χ0n) is 12.2. The molecule has 2 aliphatic heterocycles. The molecule has 2 fully saturated rings. The van der Waals surface area contributed by atoms with Crippen molar-refractivity contribution < 1.29 is 9.90 Å². The van der Waals surface area contributed by atoms with Crippen LogP contribution in [-0.2, 0) is 4.79 Å². The summed E-state index contributed by atoms with van der Waals surface area (Å²) in [6.07, 6.45) is 2.07. The molecule has 2 saturated heterocycles. The van der Waals surface area contributed by atoms with E-state index in [4.69, 9.17) is 0 Å². The first-order chi connectivity index (χ1) is 10.2. The van der Waals surface area contributed by atoms with Crippen molar-refractivity contribution >= 4 is 11.6 Å². The van der Waals surface area contributed by atoms with E-state index in [1.54, 1.807) is 0 Å². The number of carbonyl (C=O) groups excluding carboxylic acids is 1. The number of carbonyl (C=O) groups is 1. The number of anilines is 1. The van der Waals surface area contributed by atoms with Gasteiger partial charge in [0.25, 0.3) is 0 Å². The second kappa shape index (κ2) is 6.45. The SMILES string of the molecule is O=C(NC1CCN(c2ccccc2)CC1)C1CC(O)CN1. The van der Waals surface area contributed by atoms with Crippen molar-refractivity contribution in [1.29, 1.82) is 0 Å². The number of hydrogen-bond donors (Lipinski definition) is 3. The van der Waals surface area contributed by atoms with Crippen LogP contribution < -0.4 is 15.5 Å². The number of benzene rings is 1. The number of nitrogens with one attached hydrogen (secondary N) is 2. The van der Waals surface area contributed by atoms with Crippen LogP contribution in [-0.4, -0.2) is 48.8 Å². The fourth-order valence-electron chi connectivity index (χ4n) is 3.14. The molecule has 2 atom stereocenters.